The third-order valence-corrected chi connectivity index (χ3v) is 4.01. The molecule has 1 saturated heterocycles. The Morgan fingerprint density at radius 1 is 1.37 bits per heavy atom. The molecule has 1 aromatic rings. The van der Waals surface area contributed by atoms with E-state index in [1.165, 1.54) is 6.07 Å². The Bertz CT molecular complexity index is 452. The van der Waals surface area contributed by atoms with Gasteiger partial charge in [0.05, 0.1) is 5.56 Å². The van der Waals surface area contributed by atoms with Crippen LogP contribution in [0.4, 0.5) is 13.2 Å². The maximum Gasteiger partial charge on any atom is 0.416 e. The number of nitrogens with two attached hydrogens (primary N) is 1. The van der Waals surface area contributed by atoms with E-state index in [1.807, 2.05) is 11.8 Å². The molecule has 1 heterocycles. The maximum atomic E-state index is 13.0. The minimum Gasteiger partial charge on any atom is -0.326 e. The van der Waals surface area contributed by atoms with E-state index in [0.717, 1.165) is 12.6 Å². The van der Waals surface area contributed by atoms with E-state index in [9.17, 15) is 13.2 Å². The van der Waals surface area contributed by atoms with Crippen molar-refractivity contribution in [3.05, 3.63) is 33.8 Å². The quantitative estimate of drug-likeness (QED) is 0.898. The molecule has 2 N–H and O–H groups in total. The van der Waals surface area contributed by atoms with Crippen LogP contribution in [0, 0.1) is 5.92 Å². The number of nitrogens with zero attached hydrogens (tertiary/aromatic N) is 1. The molecule has 0 amide bonds. The fourth-order valence-corrected chi connectivity index (χ4v) is 2.78. The molecule has 1 fully saturated rings. The first-order chi connectivity index (χ1) is 8.77. The minimum atomic E-state index is -4.33. The number of hydrogen-bond donors (Lipinski definition) is 1. The summed E-state index contributed by atoms with van der Waals surface area (Å²) >= 11 is 3.09. The van der Waals surface area contributed by atoms with Crippen LogP contribution in [0.5, 0.6) is 0 Å². The molecular formula is C13H16BrF3N2. The summed E-state index contributed by atoms with van der Waals surface area (Å²) in [4.78, 5) is 1.98. The first kappa shape index (κ1) is 14.8. The zero-order chi connectivity index (χ0) is 14.2. The summed E-state index contributed by atoms with van der Waals surface area (Å²) in [6.07, 6.45) is -4.33. The van der Waals surface area contributed by atoms with Gasteiger partial charge in [0.15, 0.2) is 0 Å². The maximum absolute atomic E-state index is 13.0. The second-order valence-electron chi connectivity index (χ2n) is 5.13. The lowest BCUT2D eigenvalue weighted by Gasteiger charge is -2.19. The fourth-order valence-electron chi connectivity index (χ4n) is 2.42. The number of alkyl halides is 3. The first-order valence-corrected chi connectivity index (χ1v) is 6.90. The smallest absolute Gasteiger partial charge is 0.326 e. The van der Waals surface area contributed by atoms with E-state index in [1.54, 1.807) is 6.07 Å². The average molecular weight is 337 g/mol. The van der Waals surface area contributed by atoms with Gasteiger partial charge < -0.3 is 5.73 Å². The van der Waals surface area contributed by atoms with E-state index in [2.05, 4.69) is 15.9 Å². The number of likely N-dealkylation sites (tertiary alicyclic amines) is 1. The van der Waals surface area contributed by atoms with Crippen LogP contribution in [0.15, 0.2) is 22.7 Å². The van der Waals surface area contributed by atoms with Crippen molar-refractivity contribution in [3.8, 4) is 0 Å². The van der Waals surface area contributed by atoms with Gasteiger partial charge in [0.1, 0.15) is 0 Å². The van der Waals surface area contributed by atoms with Crippen molar-refractivity contribution in [2.45, 2.75) is 25.7 Å². The number of hydrogen-bond acceptors (Lipinski definition) is 2. The largest absolute Gasteiger partial charge is 0.416 e. The summed E-state index contributed by atoms with van der Waals surface area (Å²) in [6.45, 7) is 3.71. The number of halogens is 4. The van der Waals surface area contributed by atoms with Gasteiger partial charge in [-0.05, 0) is 23.6 Å². The first-order valence-electron chi connectivity index (χ1n) is 6.11. The molecule has 106 valence electrons. The lowest BCUT2D eigenvalue weighted by Crippen LogP contribution is -2.28. The van der Waals surface area contributed by atoms with Crippen molar-refractivity contribution in [2.75, 3.05) is 13.1 Å². The van der Waals surface area contributed by atoms with Crippen molar-refractivity contribution in [1.29, 1.82) is 0 Å². The molecule has 0 spiro atoms. The molecule has 0 radical (unpaired) electrons. The van der Waals surface area contributed by atoms with Gasteiger partial charge in [0, 0.05) is 30.1 Å². The van der Waals surface area contributed by atoms with Crippen LogP contribution in [-0.4, -0.2) is 24.0 Å². The fraction of sp³-hybridized carbons (Fsp3) is 0.538. The predicted octanol–water partition coefficient (Wildman–Crippen LogP) is 3.25. The Hall–Kier alpha value is -0.590. The highest BCUT2D eigenvalue weighted by atomic mass is 79.9. The molecule has 2 unspecified atom stereocenters. The van der Waals surface area contributed by atoms with Gasteiger partial charge >= 0.3 is 6.18 Å². The zero-order valence-corrected chi connectivity index (χ0v) is 12.1. The van der Waals surface area contributed by atoms with Crippen molar-refractivity contribution < 1.29 is 13.2 Å². The molecule has 2 rings (SSSR count). The summed E-state index contributed by atoms with van der Waals surface area (Å²) in [5.41, 5.74) is 5.63. The summed E-state index contributed by atoms with van der Waals surface area (Å²) in [5, 5.41) is 0. The summed E-state index contributed by atoms with van der Waals surface area (Å²) in [6, 6.07) is 4.35. The Morgan fingerprint density at radius 2 is 2.05 bits per heavy atom. The Labute approximate surface area is 118 Å². The van der Waals surface area contributed by atoms with Crippen LogP contribution < -0.4 is 5.73 Å². The van der Waals surface area contributed by atoms with Gasteiger partial charge in [0.25, 0.3) is 0 Å². The summed E-state index contributed by atoms with van der Waals surface area (Å²) in [5.74, 6) is 0.324. The molecule has 1 aliphatic heterocycles. The van der Waals surface area contributed by atoms with Crippen LogP contribution in [-0.2, 0) is 12.7 Å². The minimum absolute atomic E-state index is 0.0461. The van der Waals surface area contributed by atoms with Gasteiger partial charge in [-0.15, -0.1) is 0 Å². The van der Waals surface area contributed by atoms with Crippen LogP contribution in [0.1, 0.15) is 18.1 Å². The highest BCUT2D eigenvalue weighted by molar-refractivity contribution is 9.10. The second kappa shape index (κ2) is 5.42. The monoisotopic (exact) mass is 336 g/mol. The van der Waals surface area contributed by atoms with Crippen LogP contribution in [0.3, 0.4) is 0 Å². The SMILES string of the molecule is CC1CN(Cc2ccc(Br)cc2C(F)(F)F)CC1N. The second-order valence-corrected chi connectivity index (χ2v) is 6.05. The highest BCUT2D eigenvalue weighted by Gasteiger charge is 2.35. The average Bonchev–Trinajstić information content (AvgIpc) is 2.59. The molecule has 6 heteroatoms. The van der Waals surface area contributed by atoms with Crippen molar-refractivity contribution in [3.63, 3.8) is 0 Å². The third kappa shape index (κ3) is 3.49. The van der Waals surface area contributed by atoms with E-state index < -0.39 is 11.7 Å². The van der Waals surface area contributed by atoms with E-state index in [0.29, 0.717) is 29.0 Å². The van der Waals surface area contributed by atoms with Gasteiger partial charge in [0.2, 0.25) is 0 Å². The molecule has 2 atom stereocenters. The lowest BCUT2D eigenvalue weighted by molar-refractivity contribution is -0.138. The van der Waals surface area contributed by atoms with Crippen molar-refractivity contribution in [2.24, 2.45) is 11.7 Å². The number of rotatable bonds is 2. The third-order valence-electron chi connectivity index (χ3n) is 3.52. The molecule has 1 aliphatic rings. The standard InChI is InChI=1S/C13H16BrF3N2/c1-8-5-19(7-12(8)18)6-9-2-3-10(14)4-11(9)13(15,16)17/h2-4,8,12H,5-7,18H2,1H3. The number of benzene rings is 1. The van der Waals surface area contributed by atoms with Gasteiger partial charge in [-0.2, -0.15) is 13.2 Å². The summed E-state index contributed by atoms with van der Waals surface area (Å²) in [7, 11) is 0. The molecule has 0 aromatic heterocycles. The zero-order valence-electron chi connectivity index (χ0n) is 10.5. The van der Waals surface area contributed by atoms with Crippen molar-refractivity contribution in [1.82, 2.24) is 4.90 Å². The molecule has 19 heavy (non-hydrogen) atoms. The van der Waals surface area contributed by atoms with Crippen LogP contribution in [0.2, 0.25) is 0 Å². The Balaban J connectivity index is 2.21. The molecule has 1 aromatic carbocycles. The lowest BCUT2D eigenvalue weighted by atomic mass is 10.1. The van der Waals surface area contributed by atoms with E-state index in [-0.39, 0.29) is 6.04 Å². The predicted molar refractivity (Wildman–Crippen MR) is 71.6 cm³/mol. The van der Waals surface area contributed by atoms with E-state index >= 15 is 0 Å². The van der Waals surface area contributed by atoms with Gasteiger partial charge in [-0.1, -0.05) is 28.9 Å². The van der Waals surface area contributed by atoms with Gasteiger partial charge in [-0.25, -0.2) is 0 Å². The van der Waals surface area contributed by atoms with Crippen LogP contribution >= 0.6 is 15.9 Å². The topological polar surface area (TPSA) is 29.3 Å². The van der Waals surface area contributed by atoms with Gasteiger partial charge in [-0.3, -0.25) is 4.90 Å². The molecule has 0 bridgehead atoms. The van der Waals surface area contributed by atoms with E-state index in [4.69, 9.17) is 5.73 Å². The molecule has 2 nitrogen and oxygen atoms in total. The summed E-state index contributed by atoms with van der Waals surface area (Å²) < 4.78 is 39.4. The highest BCUT2D eigenvalue weighted by Crippen LogP contribution is 2.34. The Morgan fingerprint density at radius 3 is 2.58 bits per heavy atom. The van der Waals surface area contributed by atoms with Crippen LogP contribution in [0.25, 0.3) is 0 Å². The molecule has 0 aliphatic carbocycles. The van der Waals surface area contributed by atoms with Crippen molar-refractivity contribution >= 4 is 15.9 Å². The molecular weight excluding hydrogens is 321 g/mol. The normalized spacial score (nSPS) is 24.9. The molecule has 0 saturated carbocycles. The Kier molecular flexibility index (Phi) is 4.23.